The fourth-order valence-electron chi connectivity index (χ4n) is 1.39. The van der Waals surface area contributed by atoms with Crippen LogP contribution in [0, 0.1) is 0 Å². The number of hydrogen-bond acceptors (Lipinski definition) is 2. The molecular weight excluding hydrogens is 374 g/mol. The minimum absolute atomic E-state index is 0.155. The number of carbonyl (C=O) groups is 1. The molecular formula is C12H6BrCl3N2O. The molecule has 0 unspecified atom stereocenters. The van der Waals surface area contributed by atoms with E-state index in [1.54, 1.807) is 18.2 Å². The Morgan fingerprint density at radius 3 is 2.42 bits per heavy atom. The summed E-state index contributed by atoms with van der Waals surface area (Å²) >= 11 is 20.7. The minimum atomic E-state index is -0.353. The number of nitrogens with one attached hydrogen (secondary N) is 1. The van der Waals surface area contributed by atoms with Crippen molar-refractivity contribution in [3.63, 3.8) is 0 Å². The van der Waals surface area contributed by atoms with Gasteiger partial charge in [-0.3, -0.25) is 4.79 Å². The largest absolute Gasteiger partial charge is 0.321 e. The fraction of sp³-hybridized carbons (Fsp3) is 0. The Morgan fingerprint density at radius 1 is 1.16 bits per heavy atom. The summed E-state index contributed by atoms with van der Waals surface area (Å²) in [6.45, 7) is 0. The molecule has 2 rings (SSSR count). The third kappa shape index (κ3) is 3.60. The second-order valence-corrected chi connectivity index (χ2v) is 5.53. The molecule has 0 saturated heterocycles. The van der Waals surface area contributed by atoms with Crippen molar-refractivity contribution in [2.45, 2.75) is 0 Å². The van der Waals surface area contributed by atoms with E-state index >= 15 is 0 Å². The highest BCUT2D eigenvalue weighted by Crippen LogP contribution is 2.30. The highest BCUT2D eigenvalue weighted by atomic mass is 79.9. The maximum absolute atomic E-state index is 12.1. The van der Waals surface area contributed by atoms with Crippen molar-refractivity contribution < 1.29 is 4.79 Å². The topological polar surface area (TPSA) is 42.0 Å². The maximum atomic E-state index is 12.1. The average Bonchev–Trinajstić information content (AvgIpc) is 2.33. The number of hydrogen-bond donors (Lipinski definition) is 1. The normalized spacial score (nSPS) is 10.3. The number of pyridine rings is 1. The van der Waals surface area contributed by atoms with Crippen LogP contribution in [0.2, 0.25) is 15.3 Å². The maximum Gasteiger partial charge on any atom is 0.255 e. The molecule has 0 bridgehead atoms. The van der Waals surface area contributed by atoms with E-state index < -0.39 is 0 Å². The van der Waals surface area contributed by atoms with E-state index in [0.717, 1.165) is 0 Å². The van der Waals surface area contributed by atoms with Crippen molar-refractivity contribution in [3.05, 3.63) is 55.7 Å². The molecule has 0 spiro atoms. The highest BCUT2D eigenvalue weighted by Gasteiger charge is 2.11. The standard InChI is InChI=1S/C12H6BrCl3N2O/c13-11-7(14)2-1-3-8(11)17-12(19)6-4-9(15)18-10(16)5-6/h1-5H,(H,17,19). The van der Waals surface area contributed by atoms with Crippen LogP contribution in [0.15, 0.2) is 34.8 Å². The summed E-state index contributed by atoms with van der Waals surface area (Å²) in [5, 5.41) is 3.52. The number of benzene rings is 1. The number of halogens is 4. The van der Waals surface area contributed by atoms with E-state index in [1.807, 2.05) is 0 Å². The minimum Gasteiger partial charge on any atom is -0.321 e. The van der Waals surface area contributed by atoms with Crippen LogP contribution in [0.5, 0.6) is 0 Å². The summed E-state index contributed by atoms with van der Waals surface area (Å²) in [5.41, 5.74) is 0.874. The van der Waals surface area contributed by atoms with Crippen LogP contribution in [0.25, 0.3) is 0 Å². The van der Waals surface area contributed by atoms with Gasteiger partial charge in [-0.2, -0.15) is 0 Å². The zero-order valence-corrected chi connectivity index (χ0v) is 13.1. The molecule has 3 nitrogen and oxygen atoms in total. The molecule has 0 fully saturated rings. The number of amides is 1. The van der Waals surface area contributed by atoms with Gasteiger partial charge in [0.2, 0.25) is 0 Å². The van der Waals surface area contributed by atoms with Crippen molar-refractivity contribution in [1.29, 1.82) is 0 Å². The smallest absolute Gasteiger partial charge is 0.255 e. The number of anilines is 1. The van der Waals surface area contributed by atoms with Gasteiger partial charge in [0.15, 0.2) is 0 Å². The summed E-state index contributed by atoms with van der Waals surface area (Å²) in [5.74, 6) is -0.353. The van der Waals surface area contributed by atoms with Crippen molar-refractivity contribution in [1.82, 2.24) is 4.98 Å². The van der Waals surface area contributed by atoms with Gasteiger partial charge < -0.3 is 5.32 Å². The summed E-state index contributed by atoms with van der Waals surface area (Å²) in [4.78, 5) is 15.8. The zero-order valence-electron chi connectivity index (χ0n) is 9.25. The monoisotopic (exact) mass is 378 g/mol. The molecule has 0 aliphatic rings. The van der Waals surface area contributed by atoms with Gasteiger partial charge in [0.25, 0.3) is 5.91 Å². The SMILES string of the molecule is O=C(Nc1cccc(Cl)c1Br)c1cc(Cl)nc(Cl)c1. The van der Waals surface area contributed by atoms with Gasteiger partial charge in [-0.1, -0.05) is 40.9 Å². The molecule has 0 atom stereocenters. The highest BCUT2D eigenvalue weighted by molar-refractivity contribution is 9.10. The van der Waals surface area contributed by atoms with Crippen molar-refractivity contribution in [2.24, 2.45) is 0 Å². The Balaban J connectivity index is 2.28. The van der Waals surface area contributed by atoms with Gasteiger partial charge in [0.05, 0.1) is 15.2 Å². The van der Waals surface area contributed by atoms with Crippen LogP contribution in [-0.4, -0.2) is 10.9 Å². The predicted octanol–water partition coefficient (Wildman–Crippen LogP) is 5.06. The van der Waals surface area contributed by atoms with Crippen LogP contribution in [0.4, 0.5) is 5.69 Å². The van der Waals surface area contributed by atoms with E-state index in [-0.39, 0.29) is 16.2 Å². The van der Waals surface area contributed by atoms with Gasteiger partial charge in [-0.05, 0) is 40.2 Å². The second-order valence-electron chi connectivity index (χ2n) is 3.56. The van der Waals surface area contributed by atoms with Gasteiger partial charge in [-0.25, -0.2) is 4.98 Å². The Hall–Kier alpha value is -0.810. The molecule has 1 heterocycles. The molecule has 1 amide bonds. The summed E-state index contributed by atoms with van der Waals surface area (Å²) in [6, 6.07) is 8.03. The first-order valence-electron chi connectivity index (χ1n) is 5.06. The van der Waals surface area contributed by atoms with Gasteiger partial charge in [0, 0.05) is 5.56 Å². The van der Waals surface area contributed by atoms with Crippen molar-refractivity contribution >= 4 is 62.3 Å². The zero-order chi connectivity index (χ0) is 14.0. The summed E-state index contributed by atoms with van der Waals surface area (Å²) in [6.07, 6.45) is 0. The molecule has 0 radical (unpaired) electrons. The first kappa shape index (κ1) is 14.6. The Kier molecular flexibility index (Phi) is 4.68. The number of nitrogens with zero attached hydrogens (tertiary/aromatic N) is 1. The van der Waals surface area contributed by atoms with Crippen LogP contribution >= 0.6 is 50.7 Å². The van der Waals surface area contributed by atoms with Crippen LogP contribution < -0.4 is 5.32 Å². The molecule has 98 valence electrons. The number of carbonyl (C=O) groups excluding carboxylic acids is 1. The molecule has 2 aromatic rings. The van der Waals surface area contributed by atoms with Gasteiger partial charge in [-0.15, -0.1) is 0 Å². The number of rotatable bonds is 2. The quantitative estimate of drug-likeness (QED) is 0.740. The summed E-state index contributed by atoms with van der Waals surface area (Å²) in [7, 11) is 0. The van der Waals surface area contributed by atoms with Crippen LogP contribution in [0.1, 0.15) is 10.4 Å². The predicted molar refractivity (Wildman–Crippen MR) is 81.4 cm³/mol. The van der Waals surface area contributed by atoms with Crippen molar-refractivity contribution in [2.75, 3.05) is 5.32 Å². The van der Waals surface area contributed by atoms with Crippen LogP contribution in [-0.2, 0) is 0 Å². The Labute approximate surface area is 133 Å². The second kappa shape index (κ2) is 6.09. The molecule has 19 heavy (non-hydrogen) atoms. The van der Waals surface area contributed by atoms with E-state index in [9.17, 15) is 4.79 Å². The number of aromatic nitrogens is 1. The lowest BCUT2D eigenvalue weighted by molar-refractivity contribution is 0.102. The average molecular weight is 380 g/mol. The van der Waals surface area contributed by atoms with Crippen LogP contribution in [0.3, 0.4) is 0 Å². The molecule has 0 aliphatic carbocycles. The Bertz CT molecular complexity index is 629. The summed E-state index contributed by atoms with van der Waals surface area (Å²) < 4.78 is 0.608. The molecule has 1 aromatic carbocycles. The van der Waals surface area contributed by atoms with Gasteiger partial charge in [0.1, 0.15) is 10.3 Å². The van der Waals surface area contributed by atoms with Crippen molar-refractivity contribution in [3.8, 4) is 0 Å². The van der Waals surface area contributed by atoms with Gasteiger partial charge >= 0.3 is 0 Å². The molecule has 0 saturated carbocycles. The van der Waals surface area contributed by atoms with E-state index in [2.05, 4.69) is 26.2 Å². The Morgan fingerprint density at radius 2 is 1.79 bits per heavy atom. The molecule has 1 aromatic heterocycles. The lowest BCUT2D eigenvalue weighted by Crippen LogP contribution is -2.12. The third-order valence-electron chi connectivity index (χ3n) is 2.22. The first-order chi connectivity index (χ1) is 8.97. The van der Waals surface area contributed by atoms with E-state index in [4.69, 9.17) is 34.8 Å². The molecule has 1 N–H and O–H groups in total. The van der Waals surface area contributed by atoms with E-state index in [1.165, 1.54) is 12.1 Å². The fourth-order valence-corrected chi connectivity index (χ4v) is 2.39. The first-order valence-corrected chi connectivity index (χ1v) is 6.98. The third-order valence-corrected chi connectivity index (χ3v) is 4.01. The molecule has 0 aliphatic heterocycles. The lowest BCUT2D eigenvalue weighted by Gasteiger charge is -2.08. The molecule has 7 heteroatoms. The van der Waals surface area contributed by atoms with E-state index in [0.29, 0.717) is 20.7 Å². The lowest BCUT2D eigenvalue weighted by atomic mass is 10.2.